The van der Waals surface area contributed by atoms with Crippen molar-refractivity contribution < 1.29 is 0 Å². The first-order valence-corrected chi connectivity index (χ1v) is 4.93. The largest absolute Gasteiger partial charge is 0.197 e. The van der Waals surface area contributed by atoms with E-state index in [0.717, 1.165) is 16.0 Å². The molecule has 0 aliphatic heterocycles. The molecule has 1 radical (unpaired) electrons. The molecule has 14 heavy (non-hydrogen) atoms. The van der Waals surface area contributed by atoms with Gasteiger partial charge in [-0.3, -0.25) is 0 Å². The van der Waals surface area contributed by atoms with Crippen molar-refractivity contribution in [1.29, 1.82) is 0 Å². The minimum Gasteiger partial charge on any atom is -0.197 e. The van der Waals surface area contributed by atoms with Gasteiger partial charge >= 0.3 is 0 Å². The maximum Gasteiger partial charge on any atom is 0.156 e. The van der Waals surface area contributed by atoms with Gasteiger partial charge in [-0.05, 0) is 41.6 Å². The van der Waals surface area contributed by atoms with E-state index < -0.39 is 0 Å². The van der Waals surface area contributed by atoms with E-state index in [9.17, 15) is 0 Å². The van der Waals surface area contributed by atoms with Gasteiger partial charge in [0, 0.05) is 10.9 Å². The van der Waals surface area contributed by atoms with Gasteiger partial charge < -0.3 is 0 Å². The van der Waals surface area contributed by atoms with Crippen LogP contribution in [0.1, 0.15) is 5.82 Å². The predicted octanol–water partition coefficient (Wildman–Crippen LogP) is 1.80. The van der Waals surface area contributed by atoms with Gasteiger partial charge in [-0.15, -0.1) is 5.10 Å². The van der Waals surface area contributed by atoms with Gasteiger partial charge in [0.05, 0.1) is 5.69 Å². The van der Waals surface area contributed by atoms with Crippen molar-refractivity contribution in [2.75, 3.05) is 0 Å². The molecule has 0 bridgehead atoms. The van der Waals surface area contributed by atoms with Crippen LogP contribution in [0.5, 0.6) is 0 Å². The molecule has 5 heteroatoms. The van der Waals surface area contributed by atoms with E-state index in [2.05, 4.69) is 38.4 Å². The maximum absolute atomic E-state index is 3.89. The van der Waals surface area contributed by atoms with Crippen LogP contribution < -0.4 is 0 Å². The van der Waals surface area contributed by atoms with Crippen molar-refractivity contribution in [2.24, 2.45) is 0 Å². The fourth-order valence-corrected chi connectivity index (χ4v) is 1.41. The zero-order valence-electron chi connectivity index (χ0n) is 7.39. The van der Waals surface area contributed by atoms with Crippen molar-refractivity contribution in [3.63, 3.8) is 0 Å². The molecule has 0 atom stereocenters. The summed E-state index contributed by atoms with van der Waals surface area (Å²) in [7, 11) is 0. The van der Waals surface area contributed by atoms with Crippen LogP contribution in [0.15, 0.2) is 28.7 Å². The molecule has 0 unspecified atom stereocenters. The van der Waals surface area contributed by atoms with Crippen molar-refractivity contribution in [2.45, 2.75) is 6.42 Å². The highest BCUT2D eigenvalue weighted by molar-refractivity contribution is 9.10. The van der Waals surface area contributed by atoms with Crippen LogP contribution in [-0.2, 0) is 6.42 Å². The third-order valence-corrected chi connectivity index (χ3v) is 2.36. The average Bonchev–Trinajstić information content (AvgIpc) is 2.67. The van der Waals surface area contributed by atoms with Crippen LogP contribution in [0.3, 0.4) is 0 Å². The Labute approximate surface area is 90.1 Å². The Morgan fingerprint density at radius 2 is 2.00 bits per heavy atom. The Morgan fingerprint density at radius 1 is 1.29 bits per heavy atom. The quantitative estimate of drug-likeness (QED) is 0.818. The minimum atomic E-state index is 0.572. The number of benzene rings is 1. The highest BCUT2D eigenvalue weighted by atomic mass is 79.9. The monoisotopic (exact) mass is 251 g/mol. The number of halogens is 1. The summed E-state index contributed by atoms with van der Waals surface area (Å²) < 4.78 is 2.71. The Morgan fingerprint density at radius 3 is 2.64 bits per heavy atom. The van der Waals surface area contributed by atoms with E-state index in [-0.39, 0.29) is 0 Å². The lowest BCUT2D eigenvalue weighted by molar-refractivity contribution is 0.772. The summed E-state index contributed by atoms with van der Waals surface area (Å²) in [6, 6.07) is 7.78. The standard InChI is InChI=1S/C9H8BrN4/c1-2-9-11-12-13-14(9)8-5-3-7(10)4-6-8/h3-6H,1-2H2. The van der Waals surface area contributed by atoms with Crippen LogP contribution in [0.4, 0.5) is 0 Å². The lowest BCUT2D eigenvalue weighted by Crippen LogP contribution is -2.01. The molecule has 0 aliphatic rings. The third-order valence-electron chi connectivity index (χ3n) is 1.83. The molecule has 0 aliphatic carbocycles. The van der Waals surface area contributed by atoms with Gasteiger partial charge in [-0.25, -0.2) is 0 Å². The van der Waals surface area contributed by atoms with Gasteiger partial charge in [-0.2, -0.15) is 4.68 Å². The third kappa shape index (κ3) is 1.68. The molecule has 1 aromatic carbocycles. The first-order chi connectivity index (χ1) is 6.81. The van der Waals surface area contributed by atoms with E-state index in [1.54, 1.807) is 4.68 Å². The zero-order chi connectivity index (χ0) is 9.97. The smallest absolute Gasteiger partial charge is 0.156 e. The SMILES string of the molecule is [CH2]Cc1nnnn1-c1ccc(Br)cc1. The second kappa shape index (κ2) is 3.88. The maximum atomic E-state index is 3.89. The highest BCUT2D eigenvalue weighted by Gasteiger charge is 2.04. The molecule has 1 heterocycles. The van der Waals surface area contributed by atoms with E-state index >= 15 is 0 Å². The molecule has 0 spiro atoms. The van der Waals surface area contributed by atoms with Crippen LogP contribution in [0, 0.1) is 6.92 Å². The molecule has 2 rings (SSSR count). The lowest BCUT2D eigenvalue weighted by Gasteiger charge is -2.01. The Bertz CT molecular complexity index is 421. The second-order valence-corrected chi connectivity index (χ2v) is 3.65. The molecule has 0 saturated carbocycles. The molecular weight excluding hydrogens is 244 g/mol. The molecule has 0 fully saturated rings. The average molecular weight is 252 g/mol. The summed E-state index contributed by atoms with van der Waals surface area (Å²) in [4.78, 5) is 0. The topological polar surface area (TPSA) is 43.6 Å². The number of aromatic nitrogens is 4. The molecule has 4 nitrogen and oxygen atoms in total. The second-order valence-electron chi connectivity index (χ2n) is 2.73. The van der Waals surface area contributed by atoms with E-state index in [1.165, 1.54) is 0 Å². The molecule has 0 N–H and O–H groups in total. The number of nitrogens with zero attached hydrogens (tertiary/aromatic N) is 4. The van der Waals surface area contributed by atoms with Gasteiger partial charge in [0.2, 0.25) is 0 Å². The highest BCUT2D eigenvalue weighted by Crippen LogP contribution is 2.13. The summed E-state index contributed by atoms with van der Waals surface area (Å²) in [6.45, 7) is 3.76. The first kappa shape index (κ1) is 9.33. The first-order valence-electron chi connectivity index (χ1n) is 4.13. The fourth-order valence-electron chi connectivity index (χ4n) is 1.14. The summed E-state index contributed by atoms with van der Waals surface area (Å²) in [6.07, 6.45) is 0.572. The molecule has 0 amide bonds. The van der Waals surface area contributed by atoms with E-state index in [4.69, 9.17) is 0 Å². The molecule has 0 saturated heterocycles. The lowest BCUT2D eigenvalue weighted by atomic mass is 10.3. The van der Waals surface area contributed by atoms with Crippen molar-refractivity contribution in [3.8, 4) is 5.69 Å². The van der Waals surface area contributed by atoms with Crippen molar-refractivity contribution in [3.05, 3.63) is 41.5 Å². The van der Waals surface area contributed by atoms with Crippen LogP contribution >= 0.6 is 15.9 Å². The summed E-state index contributed by atoms with van der Waals surface area (Å²) in [5.74, 6) is 0.757. The van der Waals surface area contributed by atoms with Gasteiger partial charge in [0.1, 0.15) is 0 Å². The summed E-state index contributed by atoms with van der Waals surface area (Å²) >= 11 is 3.37. The van der Waals surface area contributed by atoms with Crippen LogP contribution in [0.25, 0.3) is 5.69 Å². The van der Waals surface area contributed by atoms with Crippen LogP contribution in [0.2, 0.25) is 0 Å². The minimum absolute atomic E-state index is 0.572. The van der Waals surface area contributed by atoms with Gasteiger partial charge in [0.25, 0.3) is 0 Å². The predicted molar refractivity (Wildman–Crippen MR) is 55.9 cm³/mol. The molecule has 1 aromatic heterocycles. The Balaban J connectivity index is 2.44. The number of rotatable bonds is 2. The number of tetrazole rings is 1. The molecule has 2 aromatic rings. The van der Waals surface area contributed by atoms with Crippen molar-refractivity contribution >= 4 is 15.9 Å². The van der Waals surface area contributed by atoms with Gasteiger partial charge in [-0.1, -0.05) is 15.9 Å². The Hall–Kier alpha value is -1.23. The van der Waals surface area contributed by atoms with E-state index in [1.807, 2.05) is 24.3 Å². The molecule has 71 valence electrons. The normalized spacial score (nSPS) is 10.4. The summed E-state index contributed by atoms with van der Waals surface area (Å²) in [5, 5.41) is 11.4. The van der Waals surface area contributed by atoms with Gasteiger partial charge in [0.15, 0.2) is 5.82 Å². The summed E-state index contributed by atoms with van der Waals surface area (Å²) in [5.41, 5.74) is 0.942. The fraction of sp³-hybridized carbons (Fsp3) is 0.111. The van der Waals surface area contributed by atoms with Crippen molar-refractivity contribution in [1.82, 2.24) is 20.2 Å². The molecular formula is C9H8BrN4. The van der Waals surface area contributed by atoms with Crippen LogP contribution in [-0.4, -0.2) is 20.2 Å². The number of hydrogen-bond acceptors (Lipinski definition) is 3. The van der Waals surface area contributed by atoms with E-state index in [0.29, 0.717) is 6.42 Å². The Kier molecular flexibility index (Phi) is 2.58. The number of hydrogen-bond donors (Lipinski definition) is 0. The zero-order valence-corrected chi connectivity index (χ0v) is 8.98.